The van der Waals surface area contributed by atoms with Gasteiger partial charge in [0.1, 0.15) is 57.9 Å². The molecule has 17 nitrogen and oxygen atoms in total. The van der Waals surface area contributed by atoms with Crippen molar-refractivity contribution in [3.05, 3.63) is 328 Å². The van der Waals surface area contributed by atoms with E-state index in [0.29, 0.717) is 114 Å². The second-order valence-corrected chi connectivity index (χ2v) is 43.9. The Morgan fingerprint density at radius 1 is 0.262 bits per heavy atom. The van der Waals surface area contributed by atoms with Crippen LogP contribution in [0.4, 0.5) is 0 Å². The van der Waals surface area contributed by atoms with Crippen LogP contribution >= 0.6 is 0 Å². The summed E-state index contributed by atoms with van der Waals surface area (Å²) in [6.07, 6.45) is 0. The Hall–Kier alpha value is -14.0. The Bertz CT molecular complexity index is 6980. The molecule has 1 amide bonds. The molecular formula is C128H146N8O9. The van der Waals surface area contributed by atoms with Crippen LogP contribution in [-0.4, -0.2) is 40.9 Å². The maximum atomic E-state index is 15.5. The summed E-state index contributed by atoms with van der Waals surface area (Å²) in [5.41, 5.74) is 18.6. The molecule has 0 fully saturated rings. The Labute approximate surface area is 861 Å². The molecule has 0 saturated heterocycles. The number of amidine groups is 6. The predicted octanol–water partition coefficient (Wildman–Crippen LogP) is 36.8. The normalized spacial score (nSPS) is 13.9. The zero-order chi connectivity index (χ0) is 105. The summed E-state index contributed by atoms with van der Waals surface area (Å²) in [6, 6.07) is 67.6. The van der Waals surface area contributed by atoms with Gasteiger partial charge in [-0.2, -0.15) is 5.26 Å². The van der Waals surface area contributed by atoms with Gasteiger partial charge in [-0.1, -0.05) is 367 Å². The summed E-state index contributed by atoms with van der Waals surface area (Å²) in [7, 11) is 0. The van der Waals surface area contributed by atoms with Crippen molar-refractivity contribution in [2.24, 2.45) is 25.0 Å². The van der Waals surface area contributed by atoms with E-state index in [0.717, 1.165) is 89.0 Å². The van der Waals surface area contributed by atoms with Crippen molar-refractivity contribution in [3.8, 4) is 98.1 Å². The topological polar surface area (TPSA) is 212 Å². The van der Waals surface area contributed by atoms with Crippen molar-refractivity contribution < 1.29 is 42.7 Å². The molecule has 0 bridgehead atoms. The first-order chi connectivity index (χ1) is 68.9. The van der Waals surface area contributed by atoms with Crippen LogP contribution in [0.1, 0.15) is 455 Å². The second-order valence-electron chi connectivity index (χ2n) is 43.9. The highest BCUT2D eigenvalue weighted by atomic mass is 16.5. The molecule has 0 radical (unpaired) electrons. The number of aliphatic imine (C=N–C) groups is 5. The molecular weight excluding hydrogens is 1790 g/mol. The first kappa shape index (κ1) is 105. The number of nitrogens with zero attached hydrogens (tertiary/aromatic N) is 6. The number of fused-ring (bicyclic) bond motifs is 3. The zero-order valence-electron chi connectivity index (χ0n) is 91.1. The summed E-state index contributed by atoms with van der Waals surface area (Å²) >= 11 is 0. The highest BCUT2D eigenvalue weighted by molar-refractivity contribution is 6.33. The summed E-state index contributed by atoms with van der Waals surface area (Å²) in [5, 5.41) is 25.8. The lowest BCUT2D eigenvalue weighted by molar-refractivity contribution is 0.0983. The average Bonchev–Trinajstić information content (AvgIpc) is 1.59. The number of carbonyl (C=O) groups excluding carboxylic acids is 1. The largest absolute Gasteiger partial charge is 0.453 e. The van der Waals surface area contributed by atoms with E-state index in [9.17, 15) is 10.7 Å². The van der Waals surface area contributed by atoms with Crippen molar-refractivity contribution in [3.63, 3.8) is 0 Å². The molecule has 0 aromatic heterocycles. The average molecular weight is 1940 g/mol. The van der Waals surface area contributed by atoms with Crippen LogP contribution in [0.15, 0.2) is 219 Å². The summed E-state index contributed by atoms with van der Waals surface area (Å²) in [6.45, 7) is 69.2. The number of hydrogen-bond acceptors (Lipinski definition) is 13. The maximum Gasteiger partial charge on any atom is 0.257 e. The van der Waals surface area contributed by atoms with E-state index >= 15 is 4.79 Å². The van der Waals surface area contributed by atoms with Crippen LogP contribution in [0.2, 0.25) is 0 Å². The molecule has 17 heteroatoms. The number of nitrogens with one attached hydrogen (secondary N) is 2. The standard InChI is InChI=1S/C128H146N8O9/c1-66(2)83-41-33-42-84(67(3)4)114(83)138-106-57-82(65-129)99(58-107(106)139-115-85(68(5)6)43-34-44-86(115)69(7)8)122(130)131-123-100-59-108(140-116-87(70(9)10)45-35-46-88(116)71(11)12)109(141-117-89(72(13)14)47-36-48-90(117)73(15)16)60-101(100)124(132-123)133-125-102-61-110(142-118-91(74(17)18)49-37-50-92(118)75(19)20)111(143-119-93(76(21)22)51-38-52-94(119)77(23)24)62-103(102)126(134-125)135-127-104-63-112(144-120-95(78(25)26)53-39-54-96(120)79(27)28)113(64-105(104)128(137)136-127)145-121-97(80(29)30)55-40-56-98(121)81(31)32/h33-64,66-81H,1-32H3,(H2,130,131,132,133,134,135,136,137). The summed E-state index contributed by atoms with van der Waals surface area (Å²) in [4.78, 5) is 43.7. The molecule has 0 aliphatic carbocycles. The van der Waals surface area contributed by atoms with Crippen molar-refractivity contribution in [1.29, 1.82) is 10.7 Å². The zero-order valence-corrected chi connectivity index (χ0v) is 91.1. The molecule has 0 spiro atoms. The second kappa shape index (κ2) is 43.9. The number of benzene rings is 12. The van der Waals surface area contributed by atoms with Crippen molar-refractivity contribution in [2.45, 2.75) is 316 Å². The van der Waals surface area contributed by atoms with Crippen molar-refractivity contribution in [1.82, 2.24) is 5.32 Å². The van der Waals surface area contributed by atoms with Crippen LogP contribution in [0.3, 0.4) is 0 Å². The summed E-state index contributed by atoms with van der Waals surface area (Å²) < 4.78 is 60.3. The third-order valence-corrected chi connectivity index (χ3v) is 27.7. The molecule has 145 heavy (non-hydrogen) atoms. The van der Waals surface area contributed by atoms with E-state index < -0.39 is 5.91 Å². The molecule has 3 heterocycles. The van der Waals surface area contributed by atoms with Gasteiger partial charge in [-0.15, -0.1) is 0 Å². The van der Waals surface area contributed by atoms with Crippen molar-refractivity contribution >= 4 is 40.9 Å². The molecule has 3 aliphatic rings. The molecule has 0 atom stereocenters. The highest BCUT2D eigenvalue weighted by Gasteiger charge is 2.38. The van der Waals surface area contributed by atoms with E-state index in [2.05, 4.69) is 379 Å². The monoisotopic (exact) mass is 1940 g/mol. The van der Waals surface area contributed by atoms with Gasteiger partial charge in [0.15, 0.2) is 75.2 Å². The Balaban J connectivity index is 1.05. The SMILES string of the molecule is CC(C)c1cccc(C(C)C)c1Oc1cc(C#N)c(C(=N)N=C2N=C(N=C3N=C(N=C4NC(=O)c5cc(Oc6c(C(C)C)cccc6C(C)C)c(Oc6c(C(C)C)cccc6C(C)C)cc54)c4cc(Oc5c(C(C)C)cccc5C(C)C)c(Oc5c(C(C)C)cccc5C(C)C)cc43)c3cc(Oc4c(C(C)C)cccc4C(C)C)c(Oc4c(C(C)C)cccc4C(C)C)cc32)cc1Oc1c(C(C)C)cccc1C(C)C. The van der Waals surface area contributed by atoms with E-state index in [1.165, 1.54) is 0 Å². The molecule has 12 aromatic carbocycles. The fourth-order valence-electron chi connectivity index (χ4n) is 19.5. The van der Waals surface area contributed by atoms with E-state index in [4.69, 9.17) is 62.9 Å². The first-order valence-electron chi connectivity index (χ1n) is 52.3. The lowest BCUT2D eigenvalue weighted by Crippen LogP contribution is -2.22. The smallest absolute Gasteiger partial charge is 0.257 e. The van der Waals surface area contributed by atoms with Gasteiger partial charge in [0.25, 0.3) is 5.91 Å². The molecule has 12 aromatic rings. The minimum Gasteiger partial charge on any atom is -0.453 e. The maximum absolute atomic E-state index is 15.5. The van der Waals surface area contributed by atoms with Crippen LogP contribution in [-0.2, 0) is 0 Å². The Morgan fingerprint density at radius 3 is 0.690 bits per heavy atom. The molecule has 752 valence electrons. The van der Waals surface area contributed by atoms with Crippen LogP contribution in [0, 0.1) is 16.7 Å². The van der Waals surface area contributed by atoms with Gasteiger partial charge in [0, 0.05) is 39.4 Å². The van der Waals surface area contributed by atoms with Gasteiger partial charge < -0.3 is 43.2 Å². The lowest BCUT2D eigenvalue weighted by atomic mass is 9.93. The fraction of sp³-hybridized carbons (Fsp3) is 0.375. The van der Waals surface area contributed by atoms with Crippen LogP contribution in [0.25, 0.3) is 0 Å². The quantitative estimate of drug-likeness (QED) is 0.0293. The van der Waals surface area contributed by atoms with Gasteiger partial charge in [0.2, 0.25) is 0 Å². The minimum absolute atomic E-state index is 0.0140. The number of para-hydroxylation sites is 8. The van der Waals surface area contributed by atoms with Gasteiger partial charge in [0.05, 0.1) is 11.1 Å². The summed E-state index contributed by atoms with van der Waals surface area (Å²) in [5.74, 6) is 8.57. The minimum atomic E-state index is -0.423. The van der Waals surface area contributed by atoms with E-state index in [1.54, 1.807) is 18.2 Å². The van der Waals surface area contributed by atoms with Gasteiger partial charge in [-0.3, -0.25) is 10.2 Å². The predicted molar refractivity (Wildman–Crippen MR) is 595 cm³/mol. The number of carbonyl (C=O) groups is 1. The van der Waals surface area contributed by atoms with E-state index in [-0.39, 0.29) is 152 Å². The van der Waals surface area contributed by atoms with Crippen LogP contribution in [0.5, 0.6) is 92.0 Å². The fourth-order valence-corrected chi connectivity index (χ4v) is 19.5. The molecule has 0 unspecified atom stereocenters. The lowest BCUT2D eigenvalue weighted by Gasteiger charge is -2.24. The number of amides is 1. The number of nitriles is 1. The third kappa shape index (κ3) is 21.9. The molecule has 2 N–H and O–H groups in total. The molecule has 0 saturated carbocycles. The highest BCUT2D eigenvalue weighted by Crippen LogP contribution is 2.54. The number of ether oxygens (including phenoxy) is 8. The van der Waals surface area contributed by atoms with Gasteiger partial charge in [-0.05, 0) is 226 Å². The molecule has 3 aliphatic heterocycles. The Morgan fingerprint density at radius 2 is 0.455 bits per heavy atom. The van der Waals surface area contributed by atoms with E-state index in [1.807, 2.05) is 30.3 Å². The van der Waals surface area contributed by atoms with Crippen molar-refractivity contribution in [2.75, 3.05) is 0 Å². The Kier molecular flexibility index (Phi) is 31.9. The first-order valence-corrected chi connectivity index (χ1v) is 52.3. The van der Waals surface area contributed by atoms with Gasteiger partial charge in [-0.25, -0.2) is 25.0 Å². The van der Waals surface area contributed by atoms with Gasteiger partial charge >= 0.3 is 0 Å². The molecule has 15 rings (SSSR count). The third-order valence-electron chi connectivity index (χ3n) is 27.7. The number of rotatable bonds is 33. The number of hydrogen-bond donors (Lipinski definition) is 2. The van der Waals surface area contributed by atoms with Crippen LogP contribution < -0.4 is 43.2 Å².